The van der Waals surface area contributed by atoms with Crippen LogP contribution in [0.5, 0.6) is 11.5 Å². The lowest BCUT2D eigenvalue weighted by Gasteiger charge is -2.19. The Balaban J connectivity index is 1.80. The molecule has 0 heterocycles. The van der Waals surface area contributed by atoms with E-state index in [1.54, 1.807) is 0 Å². The van der Waals surface area contributed by atoms with Crippen molar-refractivity contribution >= 4 is 0 Å². The Bertz CT molecular complexity index is 946. The lowest BCUT2D eigenvalue weighted by molar-refractivity contribution is -0.185. The van der Waals surface area contributed by atoms with Crippen molar-refractivity contribution in [2.45, 2.75) is 19.5 Å². The van der Waals surface area contributed by atoms with Gasteiger partial charge in [-0.25, -0.2) is 13.2 Å². The molecule has 0 fully saturated rings. The van der Waals surface area contributed by atoms with Crippen LogP contribution in [0.2, 0.25) is 0 Å². The van der Waals surface area contributed by atoms with E-state index in [-0.39, 0.29) is 0 Å². The van der Waals surface area contributed by atoms with Gasteiger partial charge in [-0.15, -0.1) is 0 Å². The van der Waals surface area contributed by atoms with E-state index in [9.17, 15) is 22.0 Å². The average molecular weight is 408 g/mol. The minimum Gasteiger partial charge on any atom is -0.457 e. The molecule has 0 atom stereocenters. The molecule has 0 radical (unpaired) electrons. The second kappa shape index (κ2) is 8.51. The largest absolute Gasteiger partial charge is 0.457 e. The van der Waals surface area contributed by atoms with Crippen LogP contribution in [0.1, 0.15) is 18.1 Å². The van der Waals surface area contributed by atoms with Gasteiger partial charge in [0.15, 0.2) is 17.4 Å². The van der Waals surface area contributed by atoms with Crippen molar-refractivity contribution in [2.75, 3.05) is 6.86 Å². The standard InChI is InChI=1S/C22H17F5O2/c1-2-14-3-5-15(6-4-14)16-7-9-17(10-8-16)22(26,27)29-18-11-19(24)21(28-13-23)20(25)12-18/h3-12H,2,13H2,1H3. The van der Waals surface area contributed by atoms with Gasteiger partial charge in [0, 0.05) is 12.1 Å². The molecule has 152 valence electrons. The maximum Gasteiger partial charge on any atom is 0.426 e. The summed E-state index contributed by atoms with van der Waals surface area (Å²) in [5.41, 5.74) is 2.27. The van der Waals surface area contributed by atoms with Crippen LogP contribution >= 0.6 is 0 Å². The Kier molecular flexibility index (Phi) is 6.06. The van der Waals surface area contributed by atoms with Crippen molar-refractivity contribution in [2.24, 2.45) is 0 Å². The Morgan fingerprint density at radius 1 is 0.828 bits per heavy atom. The summed E-state index contributed by atoms with van der Waals surface area (Å²) in [6.07, 6.45) is -2.95. The van der Waals surface area contributed by atoms with Gasteiger partial charge in [0.05, 0.1) is 5.56 Å². The number of rotatable bonds is 7. The zero-order valence-corrected chi connectivity index (χ0v) is 15.4. The van der Waals surface area contributed by atoms with Crippen molar-refractivity contribution in [1.29, 1.82) is 0 Å². The van der Waals surface area contributed by atoms with Crippen molar-refractivity contribution in [3.05, 3.63) is 83.4 Å². The molecule has 0 N–H and O–H groups in total. The van der Waals surface area contributed by atoms with E-state index in [4.69, 9.17) is 0 Å². The molecule has 7 heteroatoms. The van der Waals surface area contributed by atoms with Crippen LogP contribution in [0.25, 0.3) is 11.1 Å². The number of ether oxygens (including phenoxy) is 2. The van der Waals surface area contributed by atoms with Crippen molar-refractivity contribution in [3.63, 3.8) is 0 Å². The van der Waals surface area contributed by atoms with Gasteiger partial charge in [-0.2, -0.15) is 8.78 Å². The van der Waals surface area contributed by atoms with Gasteiger partial charge in [0.25, 0.3) is 0 Å². The predicted molar refractivity (Wildman–Crippen MR) is 98.7 cm³/mol. The molecule has 0 bridgehead atoms. The molecule has 0 saturated heterocycles. The van der Waals surface area contributed by atoms with E-state index >= 15 is 0 Å². The Morgan fingerprint density at radius 2 is 1.34 bits per heavy atom. The molecule has 0 aliphatic heterocycles. The molecule has 2 nitrogen and oxygen atoms in total. The van der Waals surface area contributed by atoms with E-state index in [1.165, 1.54) is 24.3 Å². The first-order valence-electron chi connectivity index (χ1n) is 8.78. The minimum atomic E-state index is -3.84. The van der Waals surface area contributed by atoms with Gasteiger partial charge in [-0.3, -0.25) is 0 Å². The second-order valence-electron chi connectivity index (χ2n) is 6.22. The molecule has 0 saturated carbocycles. The molecule has 0 aliphatic rings. The van der Waals surface area contributed by atoms with Gasteiger partial charge >= 0.3 is 6.11 Å². The fraction of sp³-hybridized carbons (Fsp3) is 0.182. The molecule has 3 rings (SSSR count). The fourth-order valence-electron chi connectivity index (χ4n) is 2.78. The van der Waals surface area contributed by atoms with Gasteiger partial charge in [-0.05, 0) is 35.2 Å². The van der Waals surface area contributed by atoms with Gasteiger partial charge < -0.3 is 9.47 Å². The van der Waals surface area contributed by atoms with Crippen LogP contribution in [-0.2, 0) is 12.5 Å². The highest BCUT2D eigenvalue weighted by Crippen LogP contribution is 2.35. The number of aryl methyl sites for hydroxylation is 1. The third-order valence-corrected chi connectivity index (χ3v) is 4.33. The van der Waals surface area contributed by atoms with E-state index < -0.39 is 41.7 Å². The molecule has 0 amide bonds. The van der Waals surface area contributed by atoms with Gasteiger partial charge in [-0.1, -0.05) is 43.3 Å². The molecule has 0 aromatic heterocycles. The number of benzene rings is 3. The first kappa shape index (κ1) is 20.6. The Morgan fingerprint density at radius 3 is 1.83 bits per heavy atom. The molecule has 3 aromatic rings. The highest BCUT2D eigenvalue weighted by atomic mass is 19.3. The number of hydrogen-bond donors (Lipinski definition) is 0. The molecule has 0 unspecified atom stereocenters. The van der Waals surface area contributed by atoms with Crippen LogP contribution < -0.4 is 9.47 Å². The molecular weight excluding hydrogens is 391 g/mol. The molecular formula is C22H17F5O2. The zero-order valence-electron chi connectivity index (χ0n) is 15.4. The zero-order chi connectivity index (χ0) is 21.0. The van der Waals surface area contributed by atoms with Crippen LogP contribution in [-0.4, -0.2) is 6.86 Å². The minimum absolute atomic E-state index is 0.490. The molecule has 0 aliphatic carbocycles. The summed E-state index contributed by atoms with van der Waals surface area (Å²) in [6, 6.07) is 14.1. The number of hydrogen-bond acceptors (Lipinski definition) is 2. The summed E-state index contributed by atoms with van der Waals surface area (Å²) in [4.78, 5) is 0. The molecule has 29 heavy (non-hydrogen) atoms. The predicted octanol–water partition coefficient (Wildman–Crippen LogP) is 6.63. The van der Waals surface area contributed by atoms with E-state index in [1.807, 2.05) is 31.2 Å². The summed E-state index contributed by atoms with van der Waals surface area (Å²) in [5.74, 6) is -4.45. The highest BCUT2D eigenvalue weighted by molar-refractivity contribution is 5.64. The fourth-order valence-corrected chi connectivity index (χ4v) is 2.78. The molecule has 3 aromatic carbocycles. The smallest absolute Gasteiger partial charge is 0.426 e. The van der Waals surface area contributed by atoms with E-state index in [2.05, 4.69) is 9.47 Å². The van der Waals surface area contributed by atoms with Gasteiger partial charge in [0.2, 0.25) is 6.86 Å². The van der Waals surface area contributed by atoms with E-state index in [0.717, 1.165) is 23.1 Å². The molecule has 0 spiro atoms. The first-order valence-corrected chi connectivity index (χ1v) is 8.78. The number of alkyl halides is 3. The summed E-state index contributed by atoms with van der Waals surface area (Å²) in [6.45, 7) is 0.572. The van der Waals surface area contributed by atoms with Crippen molar-refractivity contribution in [1.82, 2.24) is 0 Å². The summed E-state index contributed by atoms with van der Waals surface area (Å²) in [5, 5.41) is 0. The second-order valence-corrected chi connectivity index (χ2v) is 6.22. The normalized spacial score (nSPS) is 11.4. The Hall–Kier alpha value is -3.09. The highest BCUT2D eigenvalue weighted by Gasteiger charge is 2.35. The van der Waals surface area contributed by atoms with Crippen molar-refractivity contribution in [3.8, 4) is 22.6 Å². The maximum absolute atomic E-state index is 14.4. The quantitative estimate of drug-likeness (QED) is 0.409. The van der Waals surface area contributed by atoms with E-state index in [0.29, 0.717) is 12.1 Å². The van der Waals surface area contributed by atoms with Crippen molar-refractivity contribution < 1.29 is 31.4 Å². The maximum atomic E-state index is 14.4. The number of halogens is 5. The third kappa shape index (κ3) is 4.67. The summed E-state index contributed by atoms with van der Waals surface area (Å²) in [7, 11) is 0. The average Bonchev–Trinajstić information content (AvgIpc) is 2.70. The lowest BCUT2D eigenvalue weighted by Crippen LogP contribution is -2.22. The monoisotopic (exact) mass is 408 g/mol. The van der Waals surface area contributed by atoms with Crippen LogP contribution in [0.4, 0.5) is 22.0 Å². The van der Waals surface area contributed by atoms with Crippen LogP contribution in [0.15, 0.2) is 60.7 Å². The first-order chi connectivity index (χ1) is 13.8. The van der Waals surface area contributed by atoms with Gasteiger partial charge in [0.1, 0.15) is 5.75 Å². The third-order valence-electron chi connectivity index (χ3n) is 4.33. The van der Waals surface area contributed by atoms with Crippen LogP contribution in [0, 0.1) is 11.6 Å². The SMILES string of the molecule is CCc1ccc(-c2ccc(C(F)(F)Oc3cc(F)c(OCF)c(F)c3)cc2)cc1. The summed E-state index contributed by atoms with van der Waals surface area (Å²) >= 11 is 0. The Labute approximate surface area is 164 Å². The topological polar surface area (TPSA) is 18.5 Å². The van der Waals surface area contributed by atoms with Crippen LogP contribution in [0.3, 0.4) is 0 Å². The lowest BCUT2D eigenvalue weighted by atomic mass is 10.0. The summed E-state index contributed by atoms with van der Waals surface area (Å²) < 4.78 is 77.0.